The number of carbonyl (C=O) groups is 2. The molecule has 3 aromatic rings. The van der Waals surface area contributed by atoms with Crippen LogP contribution in [0.2, 0.25) is 5.02 Å². The Balaban J connectivity index is 1.53. The summed E-state index contributed by atoms with van der Waals surface area (Å²) in [5.41, 5.74) is 3.63. The number of nitrogens with zero attached hydrogens (tertiary/aromatic N) is 1. The van der Waals surface area contributed by atoms with Crippen molar-refractivity contribution < 1.29 is 9.59 Å². The summed E-state index contributed by atoms with van der Waals surface area (Å²) < 4.78 is 0. The number of hydrogen-bond acceptors (Lipinski definition) is 3. The molecule has 3 N–H and O–H groups in total. The number of anilines is 3. The number of amides is 3. The third kappa shape index (κ3) is 5.84. The van der Waals surface area contributed by atoms with Crippen molar-refractivity contribution in [2.24, 2.45) is 0 Å². The molecule has 170 valence electrons. The van der Waals surface area contributed by atoms with Crippen molar-refractivity contribution in [2.75, 3.05) is 28.6 Å². The average molecular weight is 463 g/mol. The smallest absolute Gasteiger partial charge is 0.323 e. The van der Waals surface area contributed by atoms with Gasteiger partial charge in [-0.2, -0.15) is 0 Å². The van der Waals surface area contributed by atoms with Crippen LogP contribution in [0.3, 0.4) is 0 Å². The Hall–Kier alpha value is -3.51. The number of hydrogen-bond donors (Lipinski definition) is 3. The van der Waals surface area contributed by atoms with E-state index in [1.807, 2.05) is 49.4 Å². The third-order valence-electron chi connectivity index (χ3n) is 5.70. The summed E-state index contributed by atoms with van der Waals surface area (Å²) in [7, 11) is 0. The van der Waals surface area contributed by atoms with E-state index in [-0.39, 0.29) is 11.9 Å². The molecule has 7 heteroatoms. The Kier molecular flexibility index (Phi) is 7.15. The first-order valence-corrected chi connectivity index (χ1v) is 11.5. The Bertz CT molecular complexity index is 1110. The van der Waals surface area contributed by atoms with Gasteiger partial charge in [0.25, 0.3) is 5.91 Å². The molecule has 1 fully saturated rings. The first-order chi connectivity index (χ1) is 16.0. The predicted molar refractivity (Wildman–Crippen MR) is 134 cm³/mol. The van der Waals surface area contributed by atoms with Crippen LogP contribution in [-0.2, 0) is 0 Å². The minimum atomic E-state index is -0.393. The van der Waals surface area contributed by atoms with E-state index < -0.39 is 6.03 Å². The normalized spacial score (nSPS) is 13.9. The lowest BCUT2D eigenvalue weighted by atomic mass is 10.1. The molecule has 1 heterocycles. The van der Waals surface area contributed by atoms with Crippen molar-refractivity contribution in [3.05, 3.63) is 88.9 Å². The molecule has 0 spiro atoms. The third-order valence-corrected chi connectivity index (χ3v) is 5.95. The highest BCUT2D eigenvalue weighted by Gasteiger charge is 2.22. The fourth-order valence-electron chi connectivity index (χ4n) is 3.96. The molecule has 0 aliphatic carbocycles. The van der Waals surface area contributed by atoms with E-state index in [1.165, 1.54) is 0 Å². The zero-order valence-corrected chi connectivity index (χ0v) is 19.2. The van der Waals surface area contributed by atoms with Gasteiger partial charge in [0.15, 0.2) is 0 Å². The van der Waals surface area contributed by atoms with Gasteiger partial charge in [-0.25, -0.2) is 4.79 Å². The van der Waals surface area contributed by atoms with Gasteiger partial charge in [-0.3, -0.25) is 4.79 Å². The van der Waals surface area contributed by atoms with Crippen molar-refractivity contribution >= 4 is 40.6 Å². The summed E-state index contributed by atoms with van der Waals surface area (Å²) in [6.45, 7) is 3.79. The molecule has 0 radical (unpaired) electrons. The van der Waals surface area contributed by atoms with E-state index in [0.717, 1.165) is 37.2 Å². The summed E-state index contributed by atoms with van der Waals surface area (Å²) >= 11 is 5.90. The van der Waals surface area contributed by atoms with Gasteiger partial charge in [0, 0.05) is 35.2 Å². The molecule has 1 unspecified atom stereocenters. The minimum absolute atomic E-state index is 0.144. The molecule has 3 aromatic carbocycles. The van der Waals surface area contributed by atoms with Crippen molar-refractivity contribution in [3.8, 4) is 0 Å². The summed E-state index contributed by atoms with van der Waals surface area (Å²) in [6, 6.07) is 21.6. The lowest BCUT2D eigenvalue weighted by Gasteiger charge is -2.23. The molecule has 33 heavy (non-hydrogen) atoms. The highest BCUT2D eigenvalue weighted by Crippen LogP contribution is 2.28. The number of carbonyl (C=O) groups excluding carboxylic acids is 2. The largest absolute Gasteiger partial charge is 0.371 e. The predicted octanol–water partition coefficient (Wildman–Crippen LogP) is 6.08. The molecule has 0 bridgehead atoms. The maximum atomic E-state index is 13.3. The quantitative estimate of drug-likeness (QED) is 0.416. The maximum Gasteiger partial charge on any atom is 0.323 e. The second-order valence-corrected chi connectivity index (χ2v) is 8.55. The monoisotopic (exact) mass is 462 g/mol. The number of halogens is 1. The lowest BCUT2D eigenvalue weighted by molar-refractivity contribution is 0.0940. The summed E-state index contributed by atoms with van der Waals surface area (Å²) in [6.07, 6.45) is 2.20. The van der Waals surface area contributed by atoms with Crippen LogP contribution in [-0.4, -0.2) is 25.0 Å². The van der Waals surface area contributed by atoms with Crippen molar-refractivity contribution in [3.63, 3.8) is 0 Å². The van der Waals surface area contributed by atoms with Gasteiger partial charge in [0.2, 0.25) is 0 Å². The zero-order chi connectivity index (χ0) is 23.2. The molecular weight excluding hydrogens is 436 g/mol. The topological polar surface area (TPSA) is 73.5 Å². The van der Waals surface area contributed by atoms with E-state index in [1.54, 1.807) is 30.3 Å². The number of urea groups is 1. The van der Waals surface area contributed by atoms with Crippen LogP contribution in [0.4, 0.5) is 21.9 Å². The highest BCUT2D eigenvalue weighted by molar-refractivity contribution is 6.30. The molecule has 1 saturated heterocycles. The minimum Gasteiger partial charge on any atom is -0.371 e. The molecular formula is C26H27ClN4O2. The summed E-state index contributed by atoms with van der Waals surface area (Å²) in [5.74, 6) is -0.171. The molecule has 1 aliphatic rings. The van der Waals surface area contributed by atoms with Gasteiger partial charge in [-0.15, -0.1) is 0 Å². The van der Waals surface area contributed by atoms with Crippen LogP contribution in [0.15, 0.2) is 72.8 Å². The van der Waals surface area contributed by atoms with Gasteiger partial charge in [-0.1, -0.05) is 41.9 Å². The number of rotatable bonds is 6. The summed E-state index contributed by atoms with van der Waals surface area (Å²) in [5, 5.41) is 9.28. The SMILES string of the molecule is CC(NC(=O)c1cc(NC(=O)Nc2ccc(Cl)cc2)ccc1N1CCCC1)c1ccccc1. The van der Waals surface area contributed by atoms with Gasteiger partial charge >= 0.3 is 6.03 Å². The van der Waals surface area contributed by atoms with Gasteiger partial charge < -0.3 is 20.9 Å². The van der Waals surface area contributed by atoms with Crippen LogP contribution in [0.5, 0.6) is 0 Å². The Morgan fingerprint density at radius 3 is 2.21 bits per heavy atom. The summed E-state index contributed by atoms with van der Waals surface area (Å²) in [4.78, 5) is 28.0. The highest BCUT2D eigenvalue weighted by atomic mass is 35.5. The first-order valence-electron chi connectivity index (χ1n) is 11.1. The van der Waals surface area contributed by atoms with Crippen molar-refractivity contribution in [1.82, 2.24) is 5.32 Å². The van der Waals surface area contributed by atoms with Crippen LogP contribution in [0.25, 0.3) is 0 Å². The molecule has 1 aliphatic heterocycles. The Labute approximate surface area is 198 Å². The number of nitrogens with one attached hydrogen (secondary N) is 3. The standard InChI is InChI=1S/C26H27ClN4O2/c1-18(19-7-3-2-4-8-19)28-25(32)23-17-22(13-14-24(23)31-15-5-6-16-31)30-26(33)29-21-11-9-20(27)10-12-21/h2-4,7-14,17-18H,5-6,15-16H2,1H3,(H,28,32)(H2,29,30,33). The van der Waals surface area contributed by atoms with E-state index in [0.29, 0.717) is 22.0 Å². The Morgan fingerprint density at radius 2 is 1.52 bits per heavy atom. The number of benzene rings is 3. The second kappa shape index (κ2) is 10.4. The van der Waals surface area contributed by atoms with Gasteiger partial charge in [-0.05, 0) is 67.8 Å². The van der Waals surface area contributed by atoms with E-state index in [2.05, 4.69) is 20.9 Å². The molecule has 0 aromatic heterocycles. The second-order valence-electron chi connectivity index (χ2n) is 8.12. The van der Waals surface area contributed by atoms with Crippen LogP contribution in [0.1, 0.15) is 41.7 Å². The van der Waals surface area contributed by atoms with Crippen LogP contribution in [0, 0.1) is 0 Å². The Morgan fingerprint density at radius 1 is 0.879 bits per heavy atom. The first kappa shape index (κ1) is 22.7. The van der Waals surface area contributed by atoms with Crippen LogP contribution >= 0.6 is 11.6 Å². The molecule has 0 saturated carbocycles. The van der Waals surface area contributed by atoms with Crippen LogP contribution < -0.4 is 20.9 Å². The van der Waals surface area contributed by atoms with Crippen molar-refractivity contribution in [1.29, 1.82) is 0 Å². The van der Waals surface area contributed by atoms with Gasteiger partial charge in [0.1, 0.15) is 0 Å². The molecule has 4 rings (SSSR count). The molecule has 6 nitrogen and oxygen atoms in total. The van der Waals surface area contributed by atoms with E-state index in [4.69, 9.17) is 11.6 Å². The fraction of sp³-hybridized carbons (Fsp3) is 0.231. The molecule has 1 atom stereocenters. The van der Waals surface area contributed by atoms with Gasteiger partial charge in [0.05, 0.1) is 11.6 Å². The lowest BCUT2D eigenvalue weighted by Crippen LogP contribution is -2.30. The zero-order valence-electron chi connectivity index (χ0n) is 18.5. The molecule has 3 amide bonds. The fourth-order valence-corrected chi connectivity index (χ4v) is 4.08. The van der Waals surface area contributed by atoms with Crippen molar-refractivity contribution in [2.45, 2.75) is 25.8 Å². The average Bonchev–Trinajstić information content (AvgIpc) is 3.36. The van der Waals surface area contributed by atoms with E-state index in [9.17, 15) is 9.59 Å². The maximum absolute atomic E-state index is 13.3. The van der Waals surface area contributed by atoms with E-state index >= 15 is 0 Å².